The van der Waals surface area contributed by atoms with Gasteiger partial charge in [-0.15, -0.1) is 0 Å². The van der Waals surface area contributed by atoms with Crippen molar-refractivity contribution >= 4 is 33.0 Å². The number of fused-ring (bicyclic) bond motifs is 5. The van der Waals surface area contributed by atoms with Gasteiger partial charge in [-0.2, -0.15) is 0 Å². The Labute approximate surface area is 144 Å². The molecule has 4 heterocycles. The fourth-order valence-corrected chi connectivity index (χ4v) is 3.84. The van der Waals surface area contributed by atoms with E-state index < -0.39 is 5.60 Å². The van der Waals surface area contributed by atoms with E-state index in [4.69, 9.17) is 15.5 Å². The first-order valence-corrected chi connectivity index (χ1v) is 8.52. The number of nitrogen functional groups attached to an aromatic ring is 1. The summed E-state index contributed by atoms with van der Waals surface area (Å²) in [5.41, 5.74) is 10.7. The minimum atomic E-state index is -0.937. The molecule has 0 radical (unpaired) electrons. The molecule has 126 valence electrons. The van der Waals surface area contributed by atoms with Gasteiger partial charge in [-0.3, -0.25) is 0 Å². The maximum atomic E-state index is 10.9. The van der Waals surface area contributed by atoms with Crippen LogP contribution >= 0.6 is 0 Å². The summed E-state index contributed by atoms with van der Waals surface area (Å²) in [5.74, 6) is 0. The van der Waals surface area contributed by atoms with Crippen molar-refractivity contribution in [1.82, 2.24) is 9.38 Å². The minimum absolute atomic E-state index is 0.332. The average Bonchev–Trinajstić information content (AvgIpc) is 2.96. The van der Waals surface area contributed by atoms with E-state index >= 15 is 0 Å². The fraction of sp³-hybridized carbons (Fsp3) is 0.250. The Hall–Kier alpha value is -2.63. The van der Waals surface area contributed by atoms with Crippen LogP contribution in [0.15, 0.2) is 42.7 Å². The predicted octanol–water partition coefficient (Wildman–Crippen LogP) is 3.35. The molecule has 3 aromatic heterocycles. The molecule has 3 N–H and O–H groups in total. The molecular formula is C20H19N3O2. The fourth-order valence-electron chi connectivity index (χ4n) is 3.84. The molecular weight excluding hydrogens is 314 g/mol. The van der Waals surface area contributed by atoms with Crippen molar-refractivity contribution in [2.24, 2.45) is 0 Å². The second-order valence-corrected chi connectivity index (χ2v) is 6.85. The largest absolute Gasteiger partial charge is 0.398 e. The number of pyridine rings is 2. The number of hydrogen-bond acceptors (Lipinski definition) is 4. The van der Waals surface area contributed by atoms with Gasteiger partial charge >= 0.3 is 0 Å². The first-order valence-electron chi connectivity index (χ1n) is 8.52. The third-order valence-corrected chi connectivity index (χ3v) is 5.33. The average molecular weight is 333 g/mol. The van der Waals surface area contributed by atoms with Gasteiger partial charge in [0.1, 0.15) is 5.60 Å². The first-order chi connectivity index (χ1) is 12.1. The number of aromatic nitrogens is 2. The van der Waals surface area contributed by atoms with E-state index in [9.17, 15) is 5.11 Å². The summed E-state index contributed by atoms with van der Waals surface area (Å²) in [6.45, 7) is 2.83. The number of rotatable bonds is 1. The molecule has 0 aliphatic carbocycles. The summed E-state index contributed by atoms with van der Waals surface area (Å²) < 4.78 is 7.67. The van der Waals surface area contributed by atoms with Gasteiger partial charge in [0.15, 0.2) is 0 Å². The highest BCUT2D eigenvalue weighted by Crippen LogP contribution is 2.36. The topological polar surface area (TPSA) is 72.8 Å². The third-order valence-electron chi connectivity index (χ3n) is 5.33. The highest BCUT2D eigenvalue weighted by atomic mass is 16.5. The van der Waals surface area contributed by atoms with E-state index in [1.54, 1.807) is 0 Å². The Morgan fingerprint density at radius 2 is 2.20 bits per heavy atom. The van der Waals surface area contributed by atoms with Gasteiger partial charge in [0.05, 0.1) is 29.8 Å². The van der Waals surface area contributed by atoms with Gasteiger partial charge < -0.3 is 20.0 Å². The van der Waals surface area contributed by atoms with Crippen molar-refractivity contribution in [1.29, 1.82) is 0 Å². The number of nitrogens with two attached hydrogens (primary N) is 1. The molecule has 0 spiro atoms. The molecule has 1 aliphatic heterocycles. The van der Waals surface area contributed by atoms with Crippen LogP contribution in [0.2, 0.25) is 0 Å². The van der Waals surface area contributed by atoms with Crippen LogP contribution in [0.25, 0.3) is 27.3 Å². The normalized spacial score (nSPS) is 20.4. The standard InChI is InChI=1S/C20H19N3O2/c1-2-20(24)11-25-10-13-9-23-8-12-6-14-16(21)4-3-5-17(14)22-19(12)18(23)7-15(13)20/h3-9,24H,2,10-11,21H2,1H3/t20-/m1/s1. The van der Waals surface area contributed by atoms with E-state index in [-0.39, 0.29) is 0 Å². The van der Waals surface area contributed by atoms with Gasteiger partial charge in [0, 0.05) is 34.4 Å². The summed E-state index contributed by atoms with van der Waals surface area (Å²) in [6, 6.07) is 9.94. The van der Waals surface area contributed by atoms with Crippen molar-refractivity contribution in [2.75, 3.05) is 12.3 Å². The lowest BCUT2D eigenvalue weighted by molar-refractivity contribution is -0.0751. The molecule has 5 nitrogen and oxygen atoms in total. The smallest absolute Gasteiger partial charge is 0.113 e. The van der Waals surface area contributed by atoms with Gasteiger partial charge in [-0.1, -0.05) is 13.0 Å². The molecule has 0 saturated carbocycles. The SMILES string of the molecule is CC[C@@]1(O)COCc2cn3cc4cc5c(N)cccc5nc4c3cc21. The minimum Gasteiger partial charge on any atom is -0.398 e. The zero-order chi connectivity index (χ0) is 17.2. The van der Waals surface area contributed by atoms with Crippen molar-refractivity contribution in [3.05, 3.63) is 53.9 Å². The maximum absolute atomic E-state index is 10.9. The molecule has 5 heteroatoms. The van der Waals surface area contributed by atoms with Gasteiger partial charge in [-0.25, -0.2) is 4.98 Å². The molecule has 0 fully saturated rings. The van der Waals surface area contributed by atoms with E-state index in [2.05, 4.69) is 22.7 Å². The van der Waals surface area contributed by atoms with Crippen LogP contribution in [0.3, 0.4) is 0 Å². The van der Waals surface area contributed by atoms with E-state index in [1.165, 1.54) is 0 Å². The van der Waals surface area contributed by atoms with Crippen LogP contribution in [0.1, 0.15) is 24.5 Å². The molecule has 0 bridgehead atoms. The third kappa shape index (κ3) is 2.00. The Morgan fingerprint density at radius 1 is 1.32 bits per heavy atom. The molecule has 4 aromatic rings. The zero-order valence-electron chi connectivity index (χ0n) is 14.0. The first kappa shape index (κ1) is 14.7. The Bertz CT molecular complexity index is 1150. The lowest BCUT2D eigenvalue weighted by atomic mass is 9.87. The van der Waals surface area contributed by atoms with Crippen LogP contribution in [0.5, 0.6) is 0 Å². The number of aliphatic hydroxyl groups is 1. The van der Waals surface area contributed by atoms with Crippen molar-refractivity contribution in [3.8, 4) is 0 Å². The summed E-state index contributed by atoms with van der Waals surface area (Å²) in [5, 5.41) is 12.9. The van der Waals surface area contributed by atoms with E-state index in [0.29, 0.717) is 19.6 Å². The maximum Gasteiger partial charge on any atom is 0.113 e. The lowest BCUT2D eigenvalue weighted by Crippen LogP contribution is -2.35. The number of ether oxygens (including phenoxy) is 1. The van der Waals surface area contributed by atoms with E-state index in [1.807, 2.05) is 31.3 Å². The molecule has 5 rings (SSSR count). The van der Waals surface area contributed by atoms with Crippen LogP contribution in [0, 0.1) is 0 Å². The second kappa shape index (κ2) is 4.94. The summed E-state index contributed by atoms with van der Waals surface area (Å²) >= 11 is 0. The number of nitrogens with zero attached hydrogens (tertiary/aromatic N) is 2. The van der Waals surface area contributed by atoms with Crippen LogP contribution in [-0.2, 0) is 16.9 Å². The van der Waals surface area contributed by atoms with Crippen molar-refractivity contribution in [3.63, 3.8) is 0 Å². The molecule has 0 unspecified atom stereocenters. The molecule has 1 atom stereocenters. The summed E-state index contributed by atoms with van der Waals surface area (Å²) in [7, 11) is 0. The summed E-state index contributed by atoms with van der Waals surface area (Å²) in [4.78, 5) is 4.84. The molecule has 1 aliphatic rings. The Morgan fingerprint density at radius 3 is 3.04 bits per heavy atom. The Kier molecular flexibility index (Phi) is 2.90. The van der Waals surface area contributed by atoms with E-state index in [0.717, 1.165) is 44.1 Å². The molecule has 25 heavy (non-hydrogen) atoms. The van der Waals surface area contributed by atoms with Gasteiger partial charge in [0.25, 0.3) is 0 Å². The lowest BCUT2D eigenvalue weighted by Gasteiger charge is -2.33. The zero-order valence-corrected chi connectivity index (χ0v) is 14.0. The quantitative estimate of drug-likeness (QED) is 0.524. The predicted molar refractivity (Wildman–Crippen MR) is 98.5 cm³/mol. The summed E-state index contributed by atoms with van der Waals surface area (Å²) in [6.07, 6.45) is 4.71. The molecule has 0 saturated heterocycles. The van der Waals surface area contributed by atoms with Gasteiger partial charge in [0.2, 0.25) is 0 Å². The molecule has 0 amide bonds. The van der Waals surface area contributed by atoms with Crippen LogP contribution in [-0.4, -0.2) is 21.1 Å². The number of hydrogen-bond donors (Lipinski definition) is 2. The van der Waals surface area contributed by atoms with Crippen molar-refractivity contribution in [2.45, 2.75) is 25.6 Å². The highest BCUT2D eigenvalue weighted by molar-refractivity contribution is 6.04. The Balaban J connectivity index is 1.87. The van der Waals surface area contributed by atoms with Crippen LogP contribution < -0.4 is 5.73 Å². The van der Waals surface area contributed by atoms with Crippen molar-refractivity contribution < 1.29 is 9.84 Å². The number of benzene rings is 1. The second-order valence-electron chi connectivity index (χ2n) is 6.85. The molecule has 1 aromatic carbocycles. The highest BCUT2D eigenvalue weighted by Gasteiger charge is 2.34. The number of anilines is 1. The van der Waals surface area contributed by atoms with Crippen LogP contribution in [0.4, 0.5) is 5.69 Å². The van der Waals surface area contributed by atoms with Gasteiger partial charge in [-0.05, 0) is 36.2 Å². The monoisotopic (exact) mass is 333 g/mol.